The average Bonchev–Trinajstić information content (AvgIpc) is 3.07. The van der Waals surface area contributed by atoms with E-state index in [1.807, 2.05) is 44.2 Å². The van der Waals surface area contributed by atoms with Crippen LogP contribution in [0.2, 0.25) is 0 Å². The molecule has 0 radical (unpaired) electrons. The molecular formula is C19H20N2O3. The first-order valence-electron chi connectivity index (χ1n) is 7.85. The fourth-order valence-electron chi connectivity index (χ4n) is 2.94. The quantitative estimate of drug-likeness (QED) is 0.570. The Hall–Kier alpha value is -2.66. The second-order valence-corrected chi connectivity index (χ2v) is 6.19. The molecule has 2 N–H and O–H groups in total. The van der Waals surface area contributed by atoms with Gasteiger partial charge in [0.2, 0.25) is 0 Å². The highest BCUT2D eigenvalue weighted by Crippen LogP contribution is 2.37. The van der Waals surface area contributed by atoms with E-state index in [-0.39, 0.29) is 11.9 Å². The number of aliphatic hydroxyl groups is 1. The average molecular weight is 324 g/mol. The fraction of sp³-hybridized carbons (Fsp3) is 0.263. The largest absolute Gasteiger partial charge is 0.427 e. The minimum Gasteiger partial charge on any atom is -0.427 e. The van der Waals surface area contributed by atoms with Crippen molar-refractivity contribution in [3.05, 3.63) is 60.2 Å². The molecule has 0 saturated heterocycles. The maximum atomic E-state index is 11.3. The van der Waals surface area contributed by atoms with Crippen LogP contribution in [0.25, 0.3) is 10.8 Å². The molecule has 0 aliphatic heterocycles. The molecule has 1 atom stereocenters. The van der Waals surface area contributed by atoms with E-state index in [4.69, 9.17) is 4.74 Å². The zero-order chi connectivity index (χ0) is 17.3. The van der Waals surface area contributed by atoms with E-state index in [1.165, 1.54) is 6.92 Å². The van der Waals surface area contributed by atoms with Gasteiger partial charge in [0.25, 0.3) is 0 Å². The van der Waals surface area contributed by atoms with Crippen LogP contribution in [-0.4, -0.2) is 21.0 Å². The molecule has 3 rings (SSSR count). The highest BCUT2D eigenvalue weighted by Gasteiger charge is 2.37. The number of ether oxygens (including phenoxy) is 1. The van der Waals surface area contributed by atoms with Crippen LogP contribution in [0.4, 0.5) is 0 Å². The molecule has 2 aromatic carbocycles. The first-order chi connectivity index (χ1) is 11.4. The van der Waals surface area contributed by atoms with Crippen molar-refractivity contribution in [3.63, 3.8) is 0 Å². The summed E-state index contributed by atoms with van der Waals surface area (Å²) in [6.07, 6.45) is 3.28. The minimum atomic E-state index is -1.18. The Bertz CT molecular complexity index is 871. The molecule has 24 heavy (non-hydrogen) atoms. The third kappa shape index (κ3) is 2.78. The van der Waals surface area contributed by atoms with Gasteiger partial charge in [-0.2, -0.15) is 0 Å². The lowest BCUT2D eigenvalue weighted by Crippen LogP contribution is -2.33. The zero-order valence-electron chi connectivity index (χ0n) is 13.9. The number of esters is 1. The lowest BCUT2D eigenvalue weighted by atomic mass is 9.80. The van der Waals surface area contributed by atoms with E-state index in [2.05, 4.69) is 9.97 Å². The number of aromatic amines is 1. The number of nitrogens with one attached hydrogen (secondary N) is 1. The zero-order valence-corrected chi connectivity index (χ0v) is 13.9. The van der Waals surface area contributed by atoms with E-state index >= 15 is 0 Å². The van der Waals surface area contributed by atoms with E-state index in [9.17, 15) is 9.90 Å². The summed E-state index contributed by atoms with van der Waals surface area (Å²) in [7, 11) is 0. The third-order valence-corrected chi connectivity index (χ3v) is 4.24. The normalized spacial score (nSPS) is 13.9. The summed E-state index contributed by atoms with van der Waals surface area (Å²) in [5.74, 6) is 0.103. The predicted molar refractivity (Wildman–Crippen MR) is 91.7 cm³/mol. The van der Waals surface area contributed by atoms with Gasteiger partial charge < -0.3 is 14.8 Å². The van der Waals surface area contributed by atoms with Crippen LogP contribution < -0.4 is 4.74 Å². The van der Waals surface area contributed by atoms with Crippen molar-refractivity contribution in [3.8, 4) is 5.75 Å². The van der Waals surface area contributed by atoms with E-state index < -0.39 is 5.60 Å². The molecule has 1 unspecified atom stereocenters. The molecule has 0 amide bonds. The molecule has 5 heteroatoms. The molecule has 0 spiro atoms. The number of hydrogen-bond donors (Lipinski definition) is 2. The van der Waals surface area contributed by atoms with Crippen LogP contribution >= 0.6 is 0 Å². The molecule has 3 aromatic rings. The van der Waals surface area contributed by atoms with Crippen LogP contribution in [0.5, 0.6) is 5.75 Å². The number of benzene rings is 2. The van der Waals surface area contributed by atoms with Crippen LogP contribution in [0, 0.1) is 5.92 Å². The number of nitrogens with zero attached hydrogens (tertiary/aromatic N) is 1. The number of H-pyrrole nitrogens is 1. The van der Waals surface area contributed by atoms with Crippen molar-refractivity contribution in [1.82, 2.24) is 9.97 Å². The van der Waals surface area contributed by atoms with Gasteiger partial charge in [-0.15, -0.1) is 0 Å². The van der Waals surface area contributed by atoms with Crippen LogP contribution in [0.3, 0.4) is 0 Å². The Labute approximate surface area is 140 Å². The molecule has 124 valence electrons. The molecule has 1 heterocycles. The first kappa shape index (κ1) is 16.2. The molecule has 0 bridgehead atoms. The summed E-state index contributed by atoms with van der Waals surface area (Å²) >= 11 is 0. The highest BCUT2D eigenvalue weighted by atomic mass is 16.5. The van der Waals surface area contributed by atoms with Gasteiger partial charge in [0.05, 0.1) is 12.0 Å². The van der Waals surface area contributed by atoms with Crippen molar-refractivity contribution in [2.24, 2.45) is 5.92 Å². The molecule has 0 aliphatic carbocycles. The van der Waals surface area contributed by atoms with E-state index in [0.29, 0.717) is 11.4 Å². The van der Waals surface area contributed by atoms with Crippen LogP contribution in [0.15, 0.2) is 48.9 Å². The summed E-state index contributed by atoms with van der Waals surface area (Å²) in [6, 6.07) is 11.2. The maximum Gasteiger partial charge on any atom is 0.308 e. The molecule has 0 fully saturated rings. The summed E-state index contributed by atoms with van der Waals surface area (Å²) in [6.45, 7) is 5.30. The number of imidazole rings is 1. The van der Waals surface area contributed by atoms with Gasteiger partial charge in [-0.3, -0.25) is 4.79 Å². The highest BCUT2D eigenvalue weighted by molar-refractivity contribution is 5.85. The van der Waals surface area contributed by atoms with Gasteiger partial charge in [-0.1, -0.05) is 32.0 Å². The van der Waals surface area contributed by atoms with Gasteiger partial charge in [0.15, 0.2) is 0 Å². The number of hydrogen-bond acceptors (Lipinski definition) is 4. The number of aromatic nitrogens is 2. The van der Waals surface area contributed by atoms with Crippen molar-refractivity contribution >= 4 is 16.7 Å². The number of carbonyl (C=O) groups excluding carboxylic acids is 1. The Morgan fingerprint density at radius 3 is 2.54 bits per heavy atom. The topological polar surface area (TPSA) is 75.2 Å². The minimum absolute atomic E-state index is 0.0569. The molecule has 0 saturated carbocycles. The van der Waals surface area contributed by atoms with Gasteiger partial charge in [0, 0.05) is 13.1 Å². The van der Waals surface area contributed by atoms with Crippen molar-refractivity contribution in [2.45, 2.75) is 26.4 Å². The van der Waals surface area contributed by atoms with Gasteiger partial charge in [-0.25, -0.2) is 4.98 Å². The maximum absolute atomic E-state index is 11.3. The first-order valence-corrected chi connectivity index (χ1v) is 7.85. The van der Waals surface area contributed by atoms with Gasteiger partial charge in [-0.05, 0) is 40.5 Å². The fourth-order valence-corrected chi connectivity index (χ4v) is 2.94. The second kappa shape index (κ2) is 6.09. The lowest BCUT2D eigenvalue weighted by Gasteiger charge is -2.31. The Balaban J connectivity index is 2.08. The lowest BCUT2D eigenvalue weighted by molar-refractivity contribution is -0.131. The smallest absolute Gasteiger partial charge is 0.308 e. The van der Waals surface area contributed by atoms with Crippen molar-refractivity contribution in [2.75, 3.05) is 0 Å². The number of fused-ring (bicyclic) bond motifs is 1. The van der Waals surface area contributed by atoms with Crippen molar-refractivity contribution in [1.29, 1.82) is 0 Å². The van der Waals surface area contributed by atoms with Gasteiger partial charge >= 0.3 is 5.97 Å². The standard InChI is InChI=1S/C19H20N2O3/c1-12(2)19(23,18-10-20-11-21-18)16-6-4-15-9-17(24-13(3)22)7-5-14(15)8-16/h4-12,23H,1-3H3,(H,20,21). The summed E-state index contributed by atoms with van der Waals surface area (Å²) in [5.41, 5.74) is 0.189. The summed E-state index contributed by atoms with van der Waals surface area (Å²) < 4.78 is 5.11. The predicted octanol–water partition coefficient (Wildman–Crippen LogP) is 3.38. The molecular weight excluding hydrogens is 304 g/mol. The van der Waals surface area contributed by atoms with Gasteiger partial charge in [0.1, 0.15) is 11.4 Å². The van der Waals surface area contributed by atoms with Crippen LogP contribution in [-0.2, 0) is 10.4 Å². The van der Waals surface area contributed by atoms with Crippen LogP contribution in [0.1, 0.15) is 32.0 Å². The second-order valence-electron chi connectivity index (χ2n) is 6.19. The SMILES string of the molecule is CC(=O)Oc1ccc2cc(C(O)(c3c[nH]cn3)C(C)C)ccc2c1. The summed E-state index contributed by atoms with van der Waals surface area (Å²) in [5, 5.41) is 13.2. The Kier molecular flexibility index (Phi) is 4.11. The molecule has 1 aromatic heterocycles. The summed E-state index contributed by atoms with van der Waals surface area (Å²) in [4.78, 5) is 18.2. The molecule has 5 nitrogen and oxygen atoms in total. The van der Waals surface area contributed by atoms with E-state index in [0.717, 1.165) is 16.3 Å². The Morgan fingerprint density at radius 2 is 1.92 bits per heavy atom. The third-order valence-electron chi connectivity index (χ3n) is 4.24. The number of carbonyl (C=O) groups is 1. The van der Waals surface area contributed by atoms with E-state index in [1.54, 1.807) is 18.6 Å². The Morgan fingerprint density at radius 1 is 1.21 bits per heavy atom. The monoisotopic (exact) mass is 324 g/mol. The van der Waals surface area contributed by atoms with Crippen molar-refractivity contribution < 1.29 is 14.6 Å². The number of rotatable bonds is 4. The molecule has 0 aliphatic rings.